The molecule has 2 atom stereocenters. The van der Waals surface area contributed by atoms with Gasteiger partial charge in [-0.2, -0.15) is 0 Å². The van der Waals surface area contributed by atoms with Crippen molar-refractivity contribution in [1.29, 1.82) is 0 Å². The summed E-state index contributed by atoms with van der Waals surface area (Å²) in [5.74, 6) is 0.665. The van der Waals surface area contributed by atoms with E-state index in [1.165, 1.54) is 29.1 Å². The highest BCUT2D eigenvalue weighted by atomic mass is 32.1. The van der Waals surface area contributed by atoms with Crippen LogP contribution >= 0.6 is 11.3 Å². The van der Waals surface area contributed by atoms with Gasteiger partial charge in [-0.05, 0) is 43.9 Å². The van der Waals surface area contributed by atoms with E-state index in [4.69, 9.17) is 10.5 Å². The lowest BCUT2D eigenvalue weighted by atomic mass is 9.97. The molecule has 0 radical (unpaired) electrons. The summed E-state index contributed by atoms with van der Waals surface area (Å²) in [5, 5.41) is 0. The van der Waals surface area contributed by atoms with Crippen molar-refractivity contribution in [2.24, 2.45) is 11.7 Å². The number of nitrogens with two attached hydrogens (primary N) is 1. The van der Waals surface area contributed by atoms with Gasteiger partial charge in [0, 0.05) is 30.0 Å². The maximum atomic E-state index is 6.04. The van der Waals surface area contributed by atoms with Crippen molar-refractivity contribution in [3.8, 4) is 0 Å². The van der Waals surface area contributed by atoms with E-state index in [0.29, 0.717) is 18.5 Å². The first-order chi connectivity index (χ1) is 9.28. The van der Waals surface area contributed by atoms with Gasteiger partial charge in [0.05, 0.1) is 12.6 Å². The summed E-state index contributed by atoms with van der Waals surface area (Å²) in [6, 6.07) is 4.91. The van der Waals surface area contributed by atoms with Crippen LogP contribution in [0.25, 0.3) is 0 Å². The number of ether oxygens (including phenoxy) is 1. The van der Waals surface area contributed by atoms with Gasteiger partial charge in [-0.1, -0.05) is 6.92 Å². The number of hydrogen-bond donors (Lipinski definition) is 1. The molecule has 1 fully saturated rings. The van der Waals surface area contributed by atoms with Crippen LogP contribution in [0.5, 0.6) is 0 Å². The predicted octanol–water partition coefficient (Wildman–Crippen LogP) is 2.67. The lowest BCUT2D eigenvalue weighted by Gasteiger charge is -2.37. The highest BCUT2D eigenvalue weighted by Gasteiger charge is 2.26. The average molecular weight is 282 g/mol. The second-order valence-electron chi connectivity index (χ2n) is 5.37. The SMILES string of the molecule is CCc1ccc(C(CN)N2CCCC(COC)C2)s1. The van der Waals surface area contributed by atoms with Gasteiger partial charge in [0.1, 0.15) is 0 Å². The molecule has 19 heavy (non-hydrogen) atoms. The van der Waals surface area contributed by atoms with Crippen LogP contribution in [0.1, 0.15) is 35.6 Å². The molecule has 0 aliphatic carbocycles. The maximum Gasteiger partial charge on any atom is 0.0564 e. The van der Waals surface area contributed by atoms with E-state index < -0.39 is 0 Å². The number of piperidine rings is 1. The van der Waals surface area contributed by atoms with Gasteiger partial charge in [0.25, 0.3) is 0 Å². The van der Waals surface area contributed by atoms with Crippen molar-refractivity contribution in [1.82, 2.24) is 4.90 Å². The number of hydrogen-bond acceptors (Lipinski definition) is 4. The standard InChI is InChI=1S/C15H26N2OS/c1-3-13-6-7-15(19-13)14(9-16)17-8-4-5-12(10-17)11-18-2/h6-7,12,14H,3-5,8-11,16H2,1-2H3. The van der Waals surface area contributed by atoms with Gasteiger partial charge in [0.15, 0.2) is 0 Å². The first kappa shape index (κ1) is 15.0. The Morgan fingerprint density at radius 1 is 1.53 bits per heavy atom. The van der Waals surface area contributed by atoms with Gasteiger partial charge >= 0.3 is 0 Å². The molecule has 0 aromatic carbocycles. The van der Waals surface area contributed by atoms with E-state index in [9.17, 15) is 0 Å². The largest absolute Gasteiger partial charge is 0.384 e. The Bertz CT molecular complexity index is 378. The second-order valence-corrected chi connectivity index (χ2v) is 6.57. The Hall–Kier alpha value is -0.420. The quantitative estimate of drug-likeness (QED) is 0.872. The van der Waals surface area contributed by atoms with Crippen LogP contribution in [0.15, 0.2) is 12.1 Å². The summed E-state index contributed by atoms with van der Waals surface area (Å²) in [5.41, 5.74) is 6.04. The maximum absolute atomic E-state index is 6.04. The molecule has 2 N–H and O–H groups in total. The fraction of sp³-hybridized carbons (Fsp3) is 0.733. The molecule has 4 heteroatoms. The first-order valence-corrected chi connectivity index (χ1v) is 8.11. The average Bonchev–Trinajstić information content (AvgIpc) is 2.89. The van der Waals surface area contributed by atoms with Crippen LogP contribution in [0.2, 0.25) is 0 Å². The minimum absolute atomic E-state index is 0.393. The molecule has 0 saturated carbocycles. The highest BCUT2D eigenvalue weighted by Crippen LogP contribution is 2.31. The Kier molecular flexibility index (Phi) is 5.82. The normalized spacial score (nSPS) is 22.6. The Morgan fingerprint density at radius 3 is 3.00 bits per heavy atom. The third kappa shape index (κ3) is 3.78. The predicted molar refractivity (Wildman–Crippen MR) is 81.7 cm³/mol. The molecule has 1 saturated heterocycles. The van der Waals surface area contributed by atoms with Crippen LogP contribution in [0.4, 0.5) is 0 Å². The zero-order chi connectivity index (χ0) is 13.7. The van der Waals surface area contributed by atoms with Crippen LogP contribution in [0.3, 0.4) is 0 Å². The molecule has 1 aliphatic rings. The van der Waals surface area contributed by atoms with Crippen LogP contribution < -0.4 is 5.73 Å². The van der Waals surface area contributed by atoms with E-state index in [0.717, 1.165) is 19.6 Å². The van der Waals surface area contributed by atoms with Crippen LogP contribution in [0, 0.1) is 5.92 Å². The van der Waals surface area contributed by atoms with Gasteiger partial charge in [-0.25, -0.2) is 0 Å². The molecule has 0 spiro atoms. The number of aryl methyl sites for hydroxylation is 1. The number of thiophene rings is 1. The topological polar surface area (TPSA) is 38.5 Å². The summed E-state index contributed by atoms with van der Waals surface area (Å²) in [4.78, 5) is 5.44. The van der Waals surface area contributed by atoms with Crippen molar-refractivity contribution in [2.45, 2.75) is 32.2 Å². The Labute approximate surface area is 120 Å². The Balaban J connectivity index is 2.03. The summed E-state index contributed by atoms with van der Waals surface area (Å²) < 4.78 is 5.31. The number of methoxy groups -OCH3 is 1. The third-order valence-corrected chi connectivity index (χ3v) is 5.31. The lowest BCUT2D eigenvalue weighted by Crippen LogP contribution is -2.41. The molecule has 2 heterocycles. The minimum atomic E-state index is 0.393. The Morgan fingerprint density at radius 2 is 2.37 bits per heavy atom. The molecular weight excluding hydrogens is 256 g/mol. The molecule has 0 amide bonds. The molecule has 3 nitrogen and oxygen atoms in total. The van der Waals surface area contributed by atoms with Crippen molar-refractivity contribution < 1.29 is 4.74 Å². The minimum Gasteiger partial charge on any atom is -0.384 e. The molecule has 1 aromatic heterocycles. The molecule has 2 unspecified atom stereocenters. The lowest BCUT2D eigenvalue weighted by molar-refractivity contribution is 0.0705. The molecular formula is C15H26N2OS. The van der Waals surface area contributed by atoms with Crippen LogP contribution in [-0.2, 0) is 11.2 Å². The molecule has 1 aliphatic heterocycles. The fourth-order valence-electron chi connectivity index (χ4n) is 2.96. The van der Waals surface area contributed by atoms with Crippen molar-refractivity contribution >= 4 is 11.3 Å². The van der Waals surface area contributed by atoms with Crippen molar-refractivity contribution in [3.63, 3.8) is 0 Å². The van der Waals surface area contributed by atoms with Gasteiger partial charge < -0.3 is 10.5 Å². The monoisotopic (exact) mass is 282 g/mol. The third-order valence-electron chi connectivity index (χ3n) is 3.98. The number of likely N-dealkylation sites (tertiary alicyclic amines) is 1. The van der Waals surface area contributed by atoms with E-state index in [1.807, 2.05) is 11.3 Å². The smallest absolute Gasteiger partial charge is 0.0564 e. The number of rotatable bonds is 6. The van der Waals surface area contributed by atoms with Crippen molar-refractivity contribution in [3.05, 3.63) is 21.9 Å². The van der Waals surface area contributed by atoms with Gasteiger partial charge in [-0.3, -0.25) is 4.90 Å². The number of nitrogens with zero attached hydrogens (tertiary/aromatic N) is 1. The molecule has 2 rings (SSSR count). The van der Waals surface area contributed by atoms with E-state index >= 15 is 0 Å². The van der Waals surface area contributed by atoms with Gasteiger partial charge in [-0.15, -0.1) is 11.3 Å². The first-order valence-electron chi connectivity index (χ1n) is 7.30. The van der Waals surface area contributed by atoms with E-state index in [2.05, 4.69) is 24.0 Å². The molecule has 108 valence electrons. The zero-order valence-electron chi connectivity index (χ0n) is 12.1. The summed E-state index contributed by atoms with van der Waals surface area (Å²) in [6.07, 6.45) is 3.66. The summed E-state index contributed by atoms with van der Waals surface area (Å²) in [6.45, 7) is 6.08. The summed E-state index contributed by atoms with van der Waals surface area (Å²) >= 11 is 1.92. The molecule has 0 bridgehead atoms. The summed E-state index contributed by atoms with van der Waals surface area (Å²) in [7, 11) is 1.80. The highest BCUT2D eigenvalue weighted by molar-refractivity contribution is 7.12. The van der Waals surface area contributed by atoms with Crippen molar-refractivity contribution in [2.75, 3.05) is 33.4 Å². The van der Waals surface area contributed by atoms with Gasteiger partial charge in [0.2, 0.25) is 0 Å². The fourth-order valence-corrected chi connectivity index (χ4v) is 4.06. The van der Waals surface area contributed by atoms with Crippen LogP contribution in [-0.4, -0.2) is 38.3 Å². The van der Waals surface area contributed by atoms with E-state index in [-0.39, 0.29) is 0 Å². The zero-order valence-corrected chi connectivity index (χ0v) is 12.9. The molecule has 1 aromatic rings. The second kappa shape index (κ2) is 7.39. The van der Waals surface area contributed by atoms with E-state index in [1.54, 1.807) is 7.11 Å².